The Balaban J connectivity index is 1.59. The molecule has 1 aliphatic heterocycles. The summed E-state index contributed by atoms with van der Waals surface area (Å²) in [6, 6.07) is 5.05. The van der Waals surface area contributed by atoms with E-state index in [4.69, 9.17) is 9.15 Å². The van der Waals surface area contributed by atoms with Crippen LogP contribution in [0, 0.1) is 0 Å². The van der Waals surface area contributed by atoms with Crippen LogP contribution in [0.3, 0.4) is 0 Å². The number of carbonyl (C=O) groups is 2. The van der Waals surface area contributed by atoms with Crippen LogP contribution < -0.4 is 14.8 Å². The third kappa shape index (κ3) is 5.48. The number of halogens is 1. The standard InChI is InChI=1S/C16H18FN5O6S/c1-10(17)9-27-11-3-2-4-12(5-11)29(25,26)18-6-14-20-21-15(28-14)8-22-7-13(23)19-16(22)24/h2-5,10,18H,6-9H2,1H3,(H,19,23,24). The summed E-state index contributed by atoms with van der Waals surface area (Å²) in [7, 11) is -3.92. The summed E-state index contributed by atoms with van der Waals surface area (Å²) in [5.41, 5.74) is 0. The van der Waals surface area contributed by atoms with Gasteiger partial charge in [0.05, 0.1) is 11.4 Å². The topological polar surface area (TPSA) is 144 Å². The molecule has 1 atom stereocenters. The molecule has 1 fully saturated rings. The lowest BCUT2D eigenvalue weighted by Crippen LogP contribution is -2.27. The van der Waals surface area contributed by atoms with Crippen molar-refractivity contribution in [2.24, 2.45) is 0 Å². The minimum Gasteiger partial charge on any atom is -0.491 e. The van der Waals surface area contributed by atoms with E-state index in [9.17, 15) is 22.4 Å². The van der Waals surface area contributed by atoms with Gasteiger partial charge in [0.1, 0.15) is 31.6 Å². The Bertz CT molecular complexity index is 1010. The van der Waals surface area contributed by atoms with Gasteiger partial charge in [-0.15, -0.1) is 10.2 Å². The number of hydrogen-bond acceptors (Lipinski definition) is 8. The molecule has 3 amide bonds. The SMILES string of the molecule is CC(F)COc1cccc(S(=O)(=O)NCc2nnc(CN3CC(=O)NC3=O)o2)c1. The highest BCUT2D eigenvalue weighted by Gasteiger charge is 2.28. The summed E-state index contributed by atoms with van der Waals surface area (Å²) in [5.74, 6) is -0.182. The Morgan fingerprint density at radius 1 is 1.34 bits per heavy atom. The van der Waals surface area contributed by atoms with E-state index >= 15 is 0 Å². The van der Waals surface area contributed by atoms with E-state index in [2.05, 4.69) is 20.2 Å². The molecule has 1 saturated heterocycles. The van der Waals surface area contributed by atoms with Gasteiger partial charge in [0, 0.05) is 6.07 Å². The lowest BCUT2D eigenvalue weighted by molar-refractivity contribution is -0.118. The van der Waals surface area contributed by atoms with E-state index in [0.717, 1.165) is 0 Å². The Morgan fingerprint density at radius 2 is 2.10 bits per heavy atom. The van der Waals surface area contributed by atoms with E-state index in [-0.39, 0.29) is 48.7 Å². The number of sulfonamides is 1. The molecule has 0 saturated carbocycles. The molecule has 11 nitrogen and oxygen atoms in total. The van der Waals surface area contributed by atoms with E-state index in [1.165, 1.54) is 36.1 Å². The molecule has 2 N–H and O–H groups in total. The van der Waals surface area contributed by atoms with Crippen molar-refractivity contribution >= 4 is 22.0 Å². The minimum atomic E-state index is -3.92. The van der Waals surface area contributed by atoms with E-state index < -0.39 is 28.1 Å². The number of hydrogen-bond donors (Lipinski definition) is 2. The van der Waals surface area contributed by atoms with Crippen LogP contribution in [0.25, 0.3) is 0 Å². The van der Waals surface area contributed by atoms with Gasteiger partial charge in [0.15, 0.2) is 0 Å². The maximum atomic E-state index is 12.9. The summed E-state index contributed by atoms with van der Waals surface area (Å²) < 4.78 is 50.5. The first kappa shape index (κ1) is 20.7. The van der Waals surface area contributed by atoms with Gasteiger partial charge in [-0.1, -0.05) is 6.07 Å². The fraction of sp³-hybridized carbons (Fsp3) is 0.375. The van der Waals surface area contributed by atoms with Crippen molar-refractivity contribution in [3.05, 3.63) is 36.0 Å². The summed E-state index contributed by atoms with van der Waals surface area (Å²) in [5, 5.41) is 9.55. The smallest absolute Gasteiger partial charge is 0.325 e. The van der Waals surface area contributed by atoms with Crippen LogP contribution in [0.15, 0.2) is 33.6 Å². The molecule has 1 aromatic heterocycles. The minimum absolute atomic E-state index is 0.0202. The van der Waals surface area contributed by atoms with Crippen molar-refractivity contribution in [2.45, 2.75) is 31.1 Å². The predicted octanol–water partition coefficient (Wildman–Crippen LogP) is 0.337. The molecule has 0 bridgehead atoms. The quantitative estimate of drug-likeness (QED) is 0.545. The average molecular weight is 427 g/mol. The molecule has 1 aliphatic rings. The van der Waals surface area contributed by atoms with Crippen molar-refractivity contribution < 1.29 is 31.6 Å². The summed E-state index contributed by atoms with van der Waals surface area (Å²) in [4.78, 5) is 23.8. The molecule has 0 spiro atoms. The molecular formula is C16H18FN5O6S. The number of carbonyl (C=O) groups excluding carboxylic acids is 2. The summed E-state index contributed by atoms with van der Waals surface area (Å²) in [6.45, 7) is 0.649. The van der Waals surface area contributed by atoms with Gasteiger partial charge in [-0.3, -0.25) is 10.1 Å². The second kappa shape index (κ2) is 8.53. The monoisotopic (exact) mass is 427 g/mol. The summed E-state index contributed by atoms with van der Waals surface area (Å²) >= 11 is 0. The molecule has 2 aromatic rings. The molecule has 1 unspecified atom stereocenters. The molecular weight excluding hydrogens is 409 g/mol. The van der Waals surface area contributed by atoms with Gasteiger partial charge in [0.25, 0.3) is 0 Å². The van der Waals surface area contributed by atoms with Crippen LogP contribution in [-0.2, 0) is 27.9 Å². The maximum Gasteiger partial charge on any atom is 0.325 e. The predicted molar refractivity (Wildman–Crippen MR) is 94.8 cm³/mol. The number of urea groups is 1. The van der Waals surface area contributed by atoms with Gasteiger partial charge in [-0.25, -0.2) is 22.3 Å². The number of benzene rings is 1. The van der Waals surface area contributed by atoms with Gasteiger partial charge in [0.2, 0.25) is 27.7 Å². The number of nitrogens with zero attached hydrogens (tertiary/aromatic N) is 3. The number of nitrogens with one attached hydrogen (secondary N) is 2. The van der Waals surface area contributed by atoms with Crippen molar-refractivity contribution in [2.75, 3.05) is 13.2 Å². The zero-order valence-electron chi connectivity index (χ0n) is 15.3. The Labute approximate surface area is 165 Å². The third-order valence-corrected chi connectivity index (χ3v) is 5.11. The summed E-state index contributed by atoms with van der Waals surface area (Å²) in [6.07, 6.45) is -1.19. The number of aromatic nitrogens is 2. The highest BCUT2D eigenvalue weighted by atomic mass is 32.2. The Hall–Kier alpha value is -3.06. The Morgan fingerprint density at radius 3 is 2.79 bits per heavy atom. The van der Waals surface area contributed by atoms with Crippen LogP contribution in [-0.4, -0.2) is 54.8 Å². The average Bonchev–Trinajstić information content (AvgIpc) is 3.24. The molecule has 156 valence electrons. The second-order valence-electron chi connectivity index (χ2n) is 6.19. The van der Waals surface area contributed by atoms with E-state index in [1.54, 1.807) is 0 Å². The molecule has 3 rings (SSSR count). The fourth-order valence-corrected chi connectivity index (χ4v) is 3.39. The highest BCUT2D eigenvalue weighted by Crippen LogP contribution is 2.18. The van der Waals surface area contributed by atoms with Crippen LogP contribution in [0.1, 0.15) is 18.7 Å². The van der Waals surface area contributed by atoms with Crippen molar-refractivity contribution in [3.8, 4) is 5.75 Å². The molecule has 2 heterocycles. The molecule has 0 aliphatic carbocycles. The van der Waals surface area contributed by atoms with Crippen LogP contribution in [0.2, 0.25) is 0 Å². The number of imide groups is 1. The van der Waals surface area contributed by atoms with Crippen LogP contribution in [0.4, 0.5) is 9.18 Å². The second-order valence-corrected chi connectivity index (χ2v) is 7.96. The first-order valence-electron chi connectivity index (χ1n) is 8.49. The van der Waals surface area contributed by atoms with Crippen molar-refractivity contribution in [3.63, 3.8) is 0 Å². The first-order chi connectivity index (χ1) is 13.7. The maximum absolute atomic E-state index is 12.9. The number of ether oxygens (including phenoxy) is 1. The molecule has 1 aromatic carbocycles. The number of alkyl halides is 1. The fourth-order valence-electron chi connectivity index (χ4n) is 2.38. The van der Waals surface area contributed by atoms with Gasteiger partial charge < -0.3 is 14.1 Å². The lowest BCUT2D eigenvalue weighted by atomic mass is 10.3. The number of rotatable bonds is 9. The zero-order chi connectivity index (χ0) is 21.0. The third-order valence-electron chi connectivity index (χ3n) is 3.71. The normalized spacial score (nSPS) is 15.4. The molecule has 29 heavy (non-hydrogen) atoms. The molecule has 13 heteroatoms. The van der Waals surface area contributed by atoms with Gasteiger partial charge in [-0.2, -0.15) is 0 Å². The highest BCUT2D eigenvalue weighted by molar-refractivity contribution is 7.89. The van der Waals surface area contributed by atoms with Crippen LogP contribution in [0.5, 0.6) is 5.75 Å². The zero-order valence-corrected chi connectivity index (χ0v) is 16.1. The van der Waals surface area contributed by atoms with Crippen molar-refractivity contribution in [1.29, 1.82) is 0 Å². The van der Waals surface area contributed by atoms with E-state index in [1.807, 2.05) is 0 Å². The first-order valence-corrected chi connectivity index (χ1v) is 9.98. The van der Waals surface area contributed by atoms with Crippen LogP contribution >= 0.6 is 0 Å². The van der Waals surface area contributed by atoms with Crippen molar-refractivity contribution in [1.82, 2.24) is 25.1 Å². The largest absolute Gasteiger partial charge is 0.491 e. The Kier molecular flexibility index (Phi) is 6.08. The van der Waals surface area contributed by atoms with Gasteiger partial charge >= 0.3 is 6.03 Å². The molecule has 0 radical (unpaired) electrons. The lowest BCUT2D eigenvalue weighted by Gasteiger charge is -2.09. The van der Waals surface area contributed by atoms with E-state index in [0.29, 0.717) is 0 Å². The van der Waals surface area contributed by atoms with Gasteiger partial charge in [-0.05, 0) is 19.1 Å². The number of amides is 3.